The molecule has 2 heterocycles. The molecule has 5 nitrogen and oxygen atoms in total. The molecule has 0 saturated carbocycles. The topological polar surface area (TPSA) is 57.7 Å². The highest BCUT2D eigenvalue weighted by atomic mass is 35.5. The van der Waals surface area contributed by atoms with Gasteiger partial charge in [-0.15, -0.1) is 10.2 Å². The minimum atomic E-state index is -4.68. The fourth-order valence-corrected chi connectivity index (χ4v) is 3.50. The van der Waals surface area contributed by atoms with Crippen molar-refractivity contribution >= 4 is 17.3 Å². The number of hydrogen-bond donors (Lipinski definition) is 0. The van der Waals surface area contributed by atoms with Crippen LogP contribution in [0.4, 0.5) is 23.2 Å². The van der Waals surface area contributed by atoms with Crippen LogP contribution in [0.15, 0.2) is 18.5 Å². The molecule has 1 aromatic carbocycles. The molecule has 0 N–H and O–H groups in total. The Morgan fingerprint density at radius 2 is 1.92 bits per heavy atom. The molecule has 0 spiro atoms. The molecule has 3 rings (SSSR count). The van der Waals surface area contributed by atoms with Gasteiger partial charge in [0.2, 0.25) is 0 Å². The zero-order valence-electron chi connectivity index (χ0n) is 13.7. The molecule has 2 aromatic rings. The highest BCUT2D eigenvalue weighted by molar-refractivity contribution is 6.33. The Morgan fingerprint density at radius 3 is 2.42 bits per heavy atom. The van der Waals surface area contributed by atoms with Gasteiger partial charge in [0.05, 0.1) is 21.8 Å². The second kappa shape index (κ2) is 6.43. The van der Waals surface area contributed by atoms with Crippen LogP contribution < -0.4 is 4.90 Å². The average Bonchev–Trinajstić information content (AvgIpc) is 3.01. The van der Waals surface area contributed by atoms with Gasteiger partial charge in [0.1, 0.15) is 12.4 Å². The lowest BCUT2D eigenvalue weighted by atomic mass is 9.91. The van der Waals surface area contributed by atoms with Gasteiger partial charge in [0.15, 0.2) is 11.5 Å². The normalized spacial score (nSPS) is 17.2. The van der Waals surface area contributed by atoms with Crippen LogP contribution in [0.25, 0.3) is 0 Å². The number of halogens is 5. The molecule has 0 bridgehead atoms. The van der Waals surface area contributed by atoms with Gasteiger partial charge in [-0.1, -0.05) is 11.6 Å². The van der Waals surface area contributed by atoms with E-state index in [9.17, 15) is 18.4 Å². The molecule has 1 aliphatic heterocycles. The van der Waals surface area contributed by atoms with Gasteiger partial charge in [-0.2, -0.15) is 18.4 Å². The SMILES string of the molecule is Cn1cnnc1C1(F)CCN(c2c(Cl)ccc(C(F)(F)F)c2C#N)CC1. The Bertz CT molecular complexity index is 863. The number of aryl methyl sites for hydroxylation is 1. The quantitative estimate of drug-likeness (QED) is 0.735. The third kappa shape index (κ3) is 3.09. The van der Waals surface area contributed by atoms with E-state index in [0.29, 0.717) is 0 Å². The lowest BCUT2D eigenvalue weighted by Crippen LogP contribution is -2.42. The number of aromatic nitrogens is 3. The molecular weight excluding hydrogens is 374 g/mol. The number of rotatable bonds is 2. The van der Waals surface area contributed by atoms with Crippen molar-refractivity contribution in [3.63, 3.8) is 0 Å². The van der Waals surface area contributed by atoms with Crippen LogP contribution in [0, 0.1) is 11.3 Å². The Hall–Kier alpha value is -2.34. The maximum atomic E-state index is 15.2. The van der Waals surface area contributed by atoms with Crippen LogP contribution in [0.2, 0.25) is 5.02 Å². The molecule has 1 aliphatic rings. The standard InChI is InChI=1S/C16H14ClF4N5/c1-25-9-23-24-14(25)15(18)4-6-26(7-5-15)13-10(8-22)11(16(19,20)21)2-3-12(13)17/h2-3,9H,4-7H2,1H3. The first-order chi connectivity index (χ1) is 12.2. The Kier molecular flexibility index (Phi) is 4.56. The molecule has 1 saturated heterocycles. The van der Waals surface area contributed by atoms with E-state index in [2.05, 4.69) is 10.2 Å². The van der Waals surface area contributed by atoms with Gasteiger partial charge < -0.3 is 9.47 Å². The van der Waals surface area contributed by atoms with Gasteiger partial charge in [0.25, 0.3) is 0 Å². The summed E-state index contributed by atoms with van der Waals surface area (Å²) in [5, 5.41) is 16.8. The molecule has 0 atom stereocenters. The Morgan fingerprint density at radius 1 is 1.27 bits per heavy atom. The van der Waals surface area contributed by atoms with Gasteiger partial charge in [-0.05, 0) is 12.1 Å². The van der Waals surface area contributed by atoms with Crippen molar-refractivity contribution in [1.29, 1.82) is 5.26 Å². The van der Waals surface area contributed by atoms with Crippen LogP contribution in [0.1, 0.15) is 29.8 Å². The second-order valence-electron chi connectivity index (χ2n) is 6.15. The minimum absolute atomic E-state index is 0.00300. The lowest BCUT2D eigenvalue weighted by Gasteiger charge is -2.37. The molecule has 26 heavy (non-hydrogen) atoms. The highest BCUT2D eigenvalue weighted by Crippen LogP contribution is 2.43. The zero-order chi connectivity index (χ0) is 19.1. The van der Waals surface area contributed by atoms with E-state index in [4.69, 9.17) is 11.6 Å². The largest absolute Gasteiger partial charge is 0.417 e. The number of alkyl halides is 4. The molecule has 0 aliphatic carbocycles. The van der Waals surface area contributed by atoms with Gasteiger partial charge in [0, 0.05) is 33.0 Å². The molecule has 1 aromatic heterocycles. The average molecular weight is 388 g/mol. The molecule has 138 valence electrons. The summed E-state index contributed by atoms with van der Waals surface area (Å²) in [6, 6.07) is 3.50. The monoisotopic (exact) mass is 387 g/mol. The summed E-state index contributed by atoms with van der Waals surface area (Å²) < 4.78 is 56.2. The van der Waals surface area contributed by atoms with Crippen LogP contribution >= 0.6 is 11.6 Å². The van der Waals surface area contributed by atoms with Crippen molar-refractivity contribution in [2.24, 2.45) is 7.05 Å². The van der Waals surface area contributed by atoms with Crippen LogP contribution in [-0.2, 0) is 18.9 Å². The predicted octanol–water partition coefficient (Wildman–Crippen LogP) is 3.82. The van der Waals surface area contributed by atoms with Crippen molar-refractivity contribution in [2.45, 2.75) is 24.7 Å². The van der Waals surface area contributed by atoms with Crippen molar-refractivity contribution in [1.82, 2.24) is 14.8 Å². The number of anilines is 1. The zero-order valence-corrected chi connectivity index (χ0v) is 14.4. The van der Waals surface area contributed by atoms with E-state index < -0.39 is 23.0 Å². The molecule has 0 unspecified atom stereocenters. The number of benzene rings is 1. The van der Waals surface area contributed by atoms with Gasteiger partial charge in [-0.3, -0.25) is 0 Å². The van der Waals surface area contributed by atoms with Crippen molar-refractivity contribution in [3.8, 4) is 6.07 Å². The number of hydrogen-bond acceptors (Lipinski definition) is 4. The molecule has 0 radical (unpaired) electrons. The van der Waals surface area contributed by atoms with Crippen LogP contribution in [-0.4, -0.2) is 27.9 Å². The highest BCUT2D eigenvalue weighted by Gasteiger charge is 2.42. The summed E-state index contributed by atoms with van der Waals surface area (Å²) in [5.41, 5.74) is -3.34. The fraction of sp³-hybridized carbons (Fsp3) is 0.438. The van der Waals surface area contributed by atoms with E-state index in [0.717, 1.165) is 12.1 Å². The van der Waals surface area contributed by atoms with Gasteiger partial charge in [-0.25, -0.2) is 4.39 Å². The number of nitriles is 1. The second-order valence-corrected chi connectivity index (χ2v) is 6.55. The Balaban J connectivity index is 1.93. The molecule has 10 heteroatoms. The summed E-state index contributed by atoms with van der Waals surface area (Å²) in [7, 11) is 1.63. The third-order valence-corrected chi connectivity index (χ3v) is 4.84. The predicted molar refractivity (Wildman–Crippen MR) is 86.4 cm³/mol. The first kappa shape index (κ1) is 18.5. The fourth-order valence-electron chi connectivity index (χ4n) is 3.22. The summed E-state index contributed by atoms with van der Waals surface area (Å²) in [6.07, 6.45) is -3.29. The van der Waals surface area contributed by atoms with E-state index in [1.807, 2.05) is 0 Å². The maximum Gasteiger partial charge on any atom is 0.417 e. The van der Waals surface area contributed by atoms with E-state index >= 15 is 4.39 Å². The third-order valence-electron chi connectivity index (χ3n) is 4.53. The number of nitrogens with zero attached hydrogens (tertiary/aromatic N) is 5. The summed E-state index contributed by atoms with van der Waals surface area (Å²) in [6.45, 7) is 0.193. The lowest BCUT2D eigenvalue weighted by molar-refractivity contribution is -0.137. The number of piperidine rings is 1. The van der Waals surface area contributed by atoms with Crippen molar-refractivity contribution in [2.75, 3.05) is 18.0 Å². The molecular formula is C16H14ClF4N5. The molecule has 0 amide bonds. The first-order valence-electron chi connectivity index (χ1n) is 7.75. The molecule has 1 fully saturated rings. The minimum Gasteiger partial charge on any atom is -0.369 e. The Labute approximate surface area is 151 Å². The van der Waals surface area contributed by atoms with Crippen molar-refractivity contribution < 1.29 is 17.6 Å². The van der Waals surface area contributed by atoms with Crippen molar-refractivity contribution in [3.05, 3.63) is 40.4 Å². The van der Waals surface area contributed by atoms with E-state index in [1.54, 1.807) is 13.1 Å². The summed E-state index contributed by atoms with van der Waals surface area (Å²) in [4.78, 5) is 1.52. The summed E-state index contributed by atoms with van der Waals surface area (Å²) >= 11 is 6.08. The van der Waals surface area contributed by atoms with Crippen LogP contribution in [0.3, 0.4) is 0 Å². The van der Waals surface area contributed by atoms with Crippen LogP contribution in [0.5, 0.6) is 0 Å². The van der Waals surface area contributed by atoms with E-state index in [1.165, 1.54) is 15.8 Å². The smallest absolute Gasteiger partial charge is 0.369 e. The maximum absolute atomic E-state index is 15.2. The van der Waals surface area contributed by atoms with Gasteiger partial charge >= 0.3 is 6.18 Å². The summed E-state index contributed by atoms with van der Waals surface area (Å²) in [5.74, 6) is 0.174. The first-order valence-corrected chi connectivity index (χ1v) is 8.13. The van der Waals surface area contributed by atoms with E-state index in [-0.39, 0.29) is 42.5 Å².